The minimum Gasteiger partial charge on any atom is -0.396 e. The Labute approximate surface area is 139 Å². The van der Waals surface area contributed by atoms with Crippen LogP contribution in [0.25, 0.3) is 0 Å². The molecule has 10 nitrogen and oxygen atoms in total. The number of nitrogens with one attached hydrogen (secondary N) is 1. The van der Waals surface area contributed by atoms with Gasteiger partial charge >= 0.3 is 0 Å². The van der Waals surface area contributed by atoms with Crippen LogP contribution in [0.1, 0.15) is 6.42 Å². The van der Waals surface area contributed by atoms with E-state index in [0.29, 0.717) is 0 Å². The highest BCUT2D eigenvalue weighted by Gasteiger charge is 2.46. The Morgan fingerprint density at radius 2 is 1.62 bits per heavy atom. The minimum atomic E-state index is -1.45. The summed E-state index contributed by atoms with van der Waals surface area (Å²) in [4.78, 5) is 0. The Kier molecular flexibility index (Phi) is 6.90. The van der Waals surface area contributed by atoms with Gasteiger partial charge in [0.2, 0.25) is 0 Å². The quantitative estimate of drug-likeness (QED) is 0.241. The standard InChI is InChI=1S/C14H27NO9/c1-23-14-13(22)12(21)11(20)8(24-14)3-15-6-2-7(17)10(19)9(18)5(6)4-16/h5-22H,2-4H2,1H3/t5-,6+,7-,8+,9+,10+,11+,12-,13+,14+/m0/s1. The first-order chi connectivity index (χ1) is 11.3. The average molecular weight is 353 g/mol. The van der Waals surface area contributed by atoms with Crippen molar-refractivity contribution in [3.05, 3.63) is 0 Å². The van der Waals surface area contributed by atoms with Crippen molar-refractivity contribution in [3.8, 4) is 0 Å². The van der Waals surface area contributed by atoms with E-state index in [-0.39, 0.29) is 13.0 Å². The molecule has 0 unspecified atom stereocenters. The predicted molar refractivity (Wildman–Crippen MR) is 78.7 cm³/mol. The normalized spacial score (nSPS) is 50.0. The van der Waals surface area contributed by atoms with E-state index in [1.807, 2.05) is 0 Å². The molecule has 2 rings (SSSR count). The van der Waals surface area contributed by atoms with Gasteiger partial charge in [0.15, 0.2) is 6.29 Å². The van der Waals surface area contributed by atoms with Crippen molar-refractivity contribution in [3.63, 3.8) is 0 Å². The van der Waals surface area contributed by atoms with Crippen molar-refractivity contribution < 1.29 is 45.2 Å². The van der Waals surface area contributed by atoms with Crippen molar-refractivity contribution in [2.75, 3.05) is 20.3 Å². The van der Waals surface area contributed by atoms with Crippen LogP contribution in [0.4, 0.5) is 0 Å². The van der Waals surface area contributed by atoms with Crippen molar-refractivity contribution in [2.24, 2.45) is 5.92 Å². The zero-order chi connectivity index (χ0) is 18.0. The van der Waals surface area contributed by atoms with Crippen molar-refractivity contribution in [2.45, 2.75) is 61.5 Å². The molecule has 1 heterocycles. The van der Waals surface area contributed by atoms with E-state index in [2.05, 4.69) is 5.32 Å². The van der Waals surface area contributed by atoms with E-state index < -0.39 is 67.6 Å². The minimum absolute atomic E-state index is 0.0154. The molecule has 0 amide bonds. The molecule has 142 valence electrons. The van der Waals surface area contributed by atoms with E-state index in [4.69, 9.17) is 9.47 Å². The third kappa shape index (κ3) is 3.88. The largest absolute Gasteiger partial charge is 0.396 e. The number of methoxy groups -OCH3 is 1. The fourth-order valence-corrected chi connectivity index (χ4v) is 3.31. The Hall–Kier alpha value is -0.400. The van der Waals surface area contributed by atoms with Crippen LogP contribution in [0.5, 0.6) is 0 Å². The smallest absolute Gasteiger partial charge is 0.186 e. The van der Waals surface area contributed by atoms with E-state index in [0.717, 1.165) is 0 Å². The van der Waals surface area contributed by atoms with Gasteiger partial charge in [0.1, 0.15) is 30.5 Å². The van der Waals surface area contributed by atoms with Crippen molar-refractivity contribution in [1.82, 2.24) is 5.32 Å². The van der Waals surface area contributed by atoms with Crippen molar-refractivity contribution in [1.29, 1.82) is 0 Å². The summed E-state index contributed by atoms with van der Waals surface area (Å²) >= 11 is 0. The molecule has 0 bridgehead atoms. The third-order valence-corrected chi connectivity index (χ3v) is 4.89. The summed E-state index contributed by atoms with van der Waals surface area (Å²) in [7, 11) is 1.29. The van der Waals surface area contributed by atoms with E-state index in [1.165, 1.54) is 7.11 Å². The summed E-state index contributed by atoms with van der Waals surface area (Å²) in [5.41, 5.74) is 0. The summed E-state index contributed by atoms with van der Waals surface area (Å²) in [5.74, 6) is -0.710. The second-order valence-electron chi connectivity index (χ2n) is 6.40. The molecule has 0 aromatic rings. The first kappa shape index (κ1) is 19.9. The molecule has 0 radical (unpaired) electrons. The SMILES string of the molecule is CO[C@@H]1O[C@H](CN[C@@H]2C[C@H](O)[C@@H](O)[C@H](O)[C@H]2CO)[C@@H](O)[C@H](O)[C@H]1O. The lowest BCUT2D eigenvalue weighted by molar-refractivity contribution is -0.288. The first-order valence-corrected chi connectivity index (χ1v) is 7.92. The molecule has 10 heteroatoms. The maximum atomic E-state index is 10.0. The van der Waals surface area contributed by atoms with Crippen LogP contribution in [0.2, 0.25) is 0 Å². The van der Waals surface area contributed by atoms with Gasteiger partial charge in [0.05, 0.1) is 12.2 Å². The number of hydrogen-bond acceptors (Lipinski definition) is 10. The predicted octanol–water partition coefficient (Wildman–Crippen LogP) is -4.51. The zero-order valence-electron chi connectivity index (χ0n) is 13.3. The highest BCUT2D eigenvalue weighted by atomic mass is 16.7. The molecule has 1 saturated heterocycles. The van der Waals surface area contributed by atoms with E-state index >= 15 is 0 Å². The topological polar surface area (TPSA) is 172 Å². The maximum Gasteiger partial charge on any atom is 0.186 e. The van der Waals surface area contributed by atoms with Gasteiger partial charge in [-0.05, 0) is 6.42 Å². The van der Waals surface area contributed by atoms with Gasteiger partial charge in [-0.25, -0.2) is 0 Å². The Balaban J connectivity index is 1.98. The Bertz CT molecular complexity index is 398. The molecule has 0 spiro atoms. The molecule has 2 aliphatic rings. The van der Waals surface area contributed by atoms with Gasteiger partial charge in [-0.1, -0.05) is 0 Å². The van der Waals surface area contributed by atoms with Gasteiger partial charge in [-0.2, -0.15) is 0 Å². The van der Waals surface area contributed by atoms with Gasteiger partial charge in [0, 0.05) is 32.2 Å². The van der Waals surface area contributed by atoms with Gasteiger partial charge in [-0.3, -0.25) is 0 Å². The molecule has 1 aliphatic heterocycles. The fraction of sp³-hybridized carbons (Fsp3) is 1.00. The molecule has 10 atom stereocenters. The molecular formula is C14H27NO9. The van der Waals surface area contributed by atoms with Crippen LogP contribution in [0.3, 0.4) is 0 Å². The average Bonchev–Trinajstić information content (AvgIpc) is 2.57. The summed E-state index contributed by atoms with van der Waals surface area (Å²) in [6.07, 6.45) is -9.92. The van der Waals surface area contributed by atoms with Gasteiger partial charge < -0.3 is 50.5 Å². The summed E-state index contributed by atoms with van der Waals surface area (Å²) in [5, 5.41) is 71.3. The Morgan fingerprint density at radius 1 is 0.958 bits per heavy atom. The fourth-order valence-electron chi connectivity index (χ4n) is 3.31. The molecule has 24 heavy (non-hydrogen) atoms. The van der Waals surface area contributed by atoms with Crippen LogP contribution in [0, 0.1) is 5.92 Å². The number of hydrogen-bond donors (Lipinski definition) is 8. The number of rotatable bonds is 5. The molecule has 2 fully saturated rings. The highest BCUT2D eigenvalue weighted by molar-refractivity contribution is 4.97. The van der Waals surface area contributed by atoms with Crippen LogP contribution in [-0.4, -0.2) is 111 Å². The van der Waals surface area contributed by atoms with E-state index in [9.17, 15) is 35.7 Å². The molecule has 1 saturated carbocycles. The summed E-state index contributed by atoms with van der Waals surface area (Å²) in [6.45, 7) is -0.389. The lowest BCUT2D eigenvalue weighted by atomic mass is 9.79. The molecular weight excluding hydrogens is 326 g/mol. The van der Waals surface area contributed by atoms with Crippen LogP contribution in [-0.2, 0) is 9.47 Å². The highest BCUT2D eigenvalue weighted by Crippen LogP contribution is 2.27. The van der Waals surface area contributed by atoms with E-state index in [1.54, 1.807) is 0 Å². The number of aliphatic hydroxyl groups is 7. The summed E-state index contributed by atoms with van der Waals surface area (Å²) < 4.78 is 10.3. The van der Waals surface area contributed by atoms with Crippen LogP contribution >= 0.6 is 0 Å². The molecule has 0 aromatic carbocycles. The Morgan fingerprint density at radius 3 is 2.21 bits per heavy atom. The molecule has 8 N–H and O–H groups in total. The maximum absolute atomic E-state index is 10.0. The number of aliphatic hydroxyl groups excluding tert-OH is 7. The number of ether oxygens (including phenoxy) is 2. The second kappa shape index (κ2) is 8.32. The van der Waals surface area contributed by atoms with Gasteiger partial charge in [0.25, 0.3) is 0 Å². The molecule has 0 aromatic heterocycles. The first-order valence-electron chi connectivity index (χ1n) is 7.92. The van der Waals surface area contributed by atoms with Crippen LogP contribution < -0.4 is 5.32 Å². The van der Waals surface area contributed by atoms with Crippen LogP contribution in [0.15, 0.2) is 0 Å². The molecule has 1 aliphatic carbocycles. The summed E-state index contributed by atoms with van der Waals surface area (Å²) in [6, 6.07) is -0.538. The lowest BCUT2D eigenvalue weighted by Crippen LogP contribution is -2.63. The third-order valence-electron chi connectivity index (χ3n) is 4.89. The second-order valence-corrected chi connectivity index (χ2v) is 6.40. The van der Waals surface area contributed by atoms with Crippen molar-refractivity contribution >= 4 is 0 Å². The zero-order valence-corrected chi connectivity index (χ0v) is 13.3. The van der Waals surface area contributed by atoms with Gasteiger partial charge in [-0.15, -0.1) is 0 Å². The monoisotopic (exact) mass is 353 g/mol. The lowest BCUT2D eigenvalue weighted by Gasteiger charge is -2.43.